The average Bonchev–Trinajstić information content (AvgIpc) is 2.84. The lowest BCUT2D eigenvalue weighted by atomic mass is 9.89. The molecule has 2 atom stereocenters. The first kappa shape index (κ1) is 26.2. The lowest BCUT2D eigenvalue weighted by Gasteiger charge is -2.38. The minimum absolute atomic E-state index is 0.00651. The van der Waals surface area contributed by atoms with Crippen molar-refractivity contribution in [2.24, 2.45) is 5.92 Å². The molecule has 1 aliphatic rings. The molecule has 0 bridgehead atoms. The van der Waals surface area contributed by atoms with Crippen molar-refractivity contribution in [3.05, 3.63) is 60.2 Å². The lowest BCUT2D eigenvalue weighted by molar-refractivity contribution is -0.143. The van der Waals surface area contributed by atoms with Crippen molar-refractivity contribution < 1.29 is 19.5 Å². The summed E-state index contributed by atoms with van der Waals surface area (Å²) < 4.78 is 0. The molecule has 1 saturated heterocycles. The van der Waals surface area contributed by atoms with E-state index in [2.05, 4.69) is 23.3 Å². The number of thiol groups is 1. The first-order chi connectivity index (χ1) is 16.2. The minimum Gasteiger partial charge on any atom is -0.480 e. The van der Waals surface area contributed by atoms with Gasteiger partial charge in [-0.05, 0) is 47.0 Å². The smallest absolute Gasteiger partial charge is 0.326 e. The van der Waals surface area contributed by atoms with Gasteiger partial charge in [0.15, 0.2) is 0 Å². The summed E-state index contributed by atoms with van der Waals surface area (Å²) >= 11 is 6.10. The van der Waals surface area contributed by atoms with Gasteiger partial charge in [0.1, 0.15) is 11.6 Å². The summed E-state index contributed by atoms with van der Waals surface area (Å²) in [6.45, 7) is 3.79. The zero-order chi connectivity index (χ0) is 24.7. The van der Waals surface area contributed by atoms with Gasteiger partial charge in [0, 0.05) is 6.42 Å². The van der Waals surface area contributed by atoms with Crippen LogP contribution in [-0.2, 0) is 20.8 Å². The van der Waals surface area contributed by atoms with Crippen LogP contribution in [0.25, 0.3) is 11.1 Å². The second-order valence-corrected chi connectivity index (χ2v) is 10.8. The van der Waals surface area contributed by atoms with Crippen LogP contribution in [0.5, 0.6) is 0 Å². The summed E-state index contributed by atoms with van der Waals surface area (Å²) in [4.78, 5) is 38.1. The van der Waals surface area contributed by atoms with Crippen LogP contribution in [0, 0.1) is 5.92 Å². The SMILES string of the molecule is CC(C)C(S)C(=O)NC1(C(=O)NC(Cc2ccc(-c3ccccc3)cc2)C(=O)O)CCSCC1. The number of carboxylic acids is 1. The quantitative estimate of drug-likeness (QED) is 0.393. The second-order valence-electron chi connectivity index (χ2n) is 9.00. The second kappa shape index (κ2) is 11.8. The number of carbonyl (C=O) groups is 3. The van der Waals surface area contributed by atoms with Crippen molar-refractivity contribution in [1.29, 1.82) is 0 Å². The number of carbonyl (C=O) groups excluding carboxylic acids is 2. The molecule has 34 heavy (non-hydrogen) atoms. The standard InChI is InChI=1S/C26H32N2O4S2/c1-17(2)22(33)23(29)28-26(12-14-34-15-13-26)25(32)27-21(24(30)31)16-18-8-10-20(11-9-18)19-6-4-3-5-7-19/h3-11,17,21-22,33H,12-16H2,1-2H3,(H,27,32)(H,28,29)(H,30,31). The molecule has 182 valence electrons. The first-order valence-corrected chi connectivity index (χ1v) is 13.1. The maximum Gasteiger partial charge on any atom is 0.326 e. The Morgan fingerprint density at radius 2 is 1.59 bits per heavy atom. The number of hydrogen-bond donors (Lipinski definition) is 4. The number of thioether (sulfide) groups is 1. The Morgan fingerprint density at radius 1 is 1.00 bits per heavy atom. The molecule has 2 aromatic carbocycles. The van der Waals surface area contributed by atoms with Crippen LogP contribution in [-0.4, -0.2) is 51.2 Å². The van der Waals surface area contributed by atoms with E-state index in [1.165, 1.54) is 0 Å². The number of aliphatic carboxylic acids is 1. The molecule has 0 aromatic heterocycles. The van der Waals surface area contributed by atoms with E-state index in [0.29, 0.717) is 24.3 Å². The van der Waals surface area contributed by atoms with Crippen LogP contribution in [0.4, 0.5) is 0 Å². The van der Waals surface area contributed by atoms with Crippen molar-refractivity contribution >= 4 is 42.2 Å². The summed E-state index contributed by atoms with van der Waals surface area (Å²) in [5.74, 6) is -0.424. The Kier molecular flexibility index (Phi) is 9.08. The highest BCUT2D eigenvalue weighted by atomic mass is 32.2. The predicted octanol–water partition coefficient (Wildman–Crippen LogP) is 3.80. The molecular formula is C26H32N2O4S2. The first-order valence-electron chi connectivity index (χ1n) is 11.5. The normalized spacial score (nSPS) is 16.9. The maximum atomic E-state index is 13.4. The Labute approximate surface area is 210 Å². The molecule has 3 N–H and O–H groups in total. The Balaban J connectivity index is 1.73. The van der Waals surface area contributed by atoms with Crippen LogP contribution in [0.15, 0.2) is 54.6 Å². The van der Waals surface area contributed by atoms with Gasteiger partial charge in [0.05, 0.1) is 5.25 Å². The largest absolute Gasteiger partial charge is 0.480 e. The molecule has 2 amide bonds. The van der Waals surface area contributed by atoms with Crippen molar-refractivity contribution in [3.8, 4) is 11.1 Å². The molecule has 6 nitrogen and oxygen atoms in total. The van der Waals surface area contributed by atoms with E-state index < -0.39 is 28.7 Å². The van der Waals surface area contributed by atoms with Gasteiger partial charge >= 0.3 is 5.97 Å². The summed E-state index contributed by atoms with van der Waals surface area (Å²) in [5, 5.41) is 14.9. The molecule has 2 aromatic rings. The predicted molar refractivity (Wildman–Crippen MR) is 140 cm³/mol. The van der Waals surface area contributed by atoms with E-state index in [9.17, 15) is 19.5 Å². The van der Waals surface area contributed by atoms with E-state index in [0.717, 1.165) is 16.7 Å². The van der Waals surface area contributed by atoms with E-state index in [-0.39, 0.29) is 18.2 Å². The Morgan fingerprint density at radius 3 is 2.15 bits per heavy atom. The highest BCUT2D eigenvalue weighted by Gasteiger charge is 2.43. The summed E-state index contributed by atoms with van der Waals surface area (Å²) in [6, 6.07) is 16.5. The fourth-order valence-corrected chi connectivity index (χ4v) is 5.19. The fraction of sp³-hybridized carbons (Fsp3) is 0.423. The fourth-order valence-electron chi connectivity index (χ4n) is 3.94. The zero-order valence-corrected chi connectivity index (χ0v) is 21.2. The summed E-state index contributed by atoms with van der Waals surface area (Å²) in [5.41, 5.74) is 1.80. The number of benzene rings is 2. The molecule has 1 aliphatic heterocycles. The van der Waals surface area contributed by atoms with Crippen molar-refractivity contribution in [3.63, 3.8) is 0 Å². The van der Waals surface area contributed by atoms with Gasteiger partial charge in [0.25, 0.3) is 0 Å². The van der Waals surface area contributed by atoms with E-state index >= 15 is 0 Å². The van der Waals surface area contributed by atoms with Crippen molar-refractivity contribution in [2.75, 3.05) is 11.5 Å². The van der Waals surface area contributed by atoms with Gasteiger partial charge in [-0.2, -0.15) is 24.4 Å². The monoisotopic (exact) mass is 500 g/mol. The van der Waals surface area contributed by atoms with Gasteiger partial charge in [-0.25, -0.2) is 4.79 Å². The number of rotatable bonds is 9. The van der Waals surface area contributed by atoms with Gasteiger partial charge in [-0.3, -0.25) is 9.59 Å². The van der Waals surface area contributed by atoms with Gasteiger partial charge in [0.2, 0.25) is 11.8 Å². The van der Waals surface area contributed by atoms with E-state index in [1.807, 2.05) is 68.4 Å². The highest BCUT2D eigenvalue weighted by Crippen LogP contribution is 2.29. The van der Waals surface area contributed by atoms with Crippen LogP contribution in [0.3, 0.4) is 0 Å². The number of amides is 2. The number of nitrogens with one attached hydrogen (secondary N) is 2. The van der Waals surface area contributed by atoms with E-state index in [1.54, 1.807) is 11.8 Å². The third kappa shape index (κ3) is 6.57. The minimum atomic E-state index is -1.12. The van der Waals surface area contributed by atoms with E-state index in [4.69, 9.17) is 0 Å². The lowest BCUT2D eigenvalue weighted by Crippen LogP contribution is -2.64. The van der Waals surface area contributed by atoms with Crippen LogP contribution in [0.1, 0.15) is 32.3 Å². The van der Waals surface area contributed by atoms with Crippen molar-refractivity contribution in [1.82, 2.24) is 10.6 Å². The average molecular weight is 501 g/mol. The molecule has 1 heterocycles. The zero-order valence-electron chi connectivity index (χ0n) is 19.5. The summed E-state index contributed by atoms with van der Waals surface area (Å²) in [7, 11) is 0. The number of carboxylic acid groups (broad SMARTS) is 1. The maximum absolute atomic E-state index is 13.4. The Bertz CT molecular complexity index is 990. The molecule has 2 unspecified atom stereocenters. The third-order valence-electron chi connectivity index (χ3n) is 6.15. The van der Waals surface area contributed by atoms with Crippen LogP contribution in [0.2, 0.25) is 0 Å². The van der Waals surface area contributed by atoms with Gasteiger partial charge < -0.3 is 15.7 Å². The molecule has 0 aliphatic carbocycles. The molecule has 1 fully saturated rings. The highest BCUT2D eigenvalue weighted by molar-refractivity contribution is 7.99. The molecule has 0 radical (unpaired) electrons. The third-order valence-corrected chi connectivity index (χ3v) is 7.96. The van der Waals surface area contributed by atoms with Crippen LogP contribution >= 0.6 is 24.4 Å². The number of hydrogen-bond acceptors (Lipinski definition) is 5. The van der Waals surface area contributed by atoms with Crippen molar-refractivity contribution in [2.45, 2.75) is 49.9 Å². The molecule has 0 saturated carbocycles. The molecule has 0 spiro atoms. The topological polar surface area (TPSA) is 95.5 Å². The molecular weight excluding hydrogens is 468 g/mol. The van der Waals surface area contributed by atoms with Gasteiger partial charge in [-0.1, -0.05) is 68.4 Å². The summed E-state index contributed by atoms with van der Waals surface area (Å²) in [6.07, 6.45) is 1.05. The molecule has 3 rings (SSSR count). The Hall–Kier alpha value is -2.45. The molecule has 8 heteroatoms. The van der Waals surface area contributed by atoms with Crippen LogP contribution < -0.4 is 10.6 Å². The van der Waals surface area contributed by atoms with Gasteiger partial charge in [-0.15, -0.1) is 0 Å².